The van der Waals surface area contributed by atoms with E-state index in [0.29, 0.717) is 28.9 Å². The summed E-state index contributed by atoms with van der Waals surface area (Å²) in [4.78, 5) is 11.1. The molecule has 2 aromatic carbocycles. The van der Waals surface area contributed by atoms with E-state index in [1.165, 1.54) is 37.1 Å². The minimum atomic E-state index is -0.336. The van der Waals surface area contributed by atoms with E-state index in [-0.39, 0.29) is 10.6 Å². The van der Waals surface area contributed by atoms with Crippen LogP contribution >= 0.6 is 11.8 Å². The molecule has 1 saturated carbocycles. The molecule has 4 rings (SSSR count). The summed E-state index contributed by atoms with van der Waals surface area (Å²) in [6.45, 7) is 0. The van der Waals surface area contributed by atoms with Crippen LogP contribution in [-0.4, -0.2) is 33.9 Å². The Morgan fingerprint density at radius 3 is 2.53 bits per heavy atom. The Kier molecular flexibility index (Phi) is 6.94. The van der Waals surface area contributed by atoms with Crippen LogP contribution in [0.2, 0.25) is 0 Å². The summed E-state index contributed by atoms with van der Waals surface area (Å²) in [6.07, 6.45) is 5.71. The number of nitro benzene ring substituents is 1. The largest absolute Gasteiger partial charge is 0.493 e. The molecule has 1 heterocycles. The van der Waals surface area contributed by atoms with Gasteiger partial charge in [-0.3, -0.25) is 14.7 Å². The van der Waals surface area contributed by atoms with Crippen LogP contribution < -0.4 is 9.47 Å². The zero-order valence-electron chi connectivity index (χ0n) is 18.2. The van der Waals surface area contributed by atoms with Crippen LogP contribution in [0.4, 0.5) is 5.69 Å². The number of nitro groups is 1. The van der Waals surface area contributed by atoms with Gasteiger partial charge in [0.2, 0.25) is 0 Å². The summed E-state index contributed by atoms with van der Waals surface area (Å²) in [5.41, 5.74) is 1.70. The third-order valence-electron chi connectivity index (χ3n) is 5.79. The molecular formula is C23H26N4O4S. The van der Waals surface area contributed by atoms with Crippen LogP contribution in [0.5, 0.6) is 11.5 Å². The van der Waals surface area contributed by atoms with Crippen molar-refractivity contribution in [2.45, 2.75) is 49.1 Å². The van der Waals surface area contributed by atoms with Gasteiger partial charge in [-0.2, -0.15) is 0 Å². The number of ether oxygens (including phenoxy) is 2. The Hall–Kier alpha value is -3.07. The molecule has 0 aliphatic heterocycles. The normalized spacial score (nSPS) is 14.3. The number of para-hydroxylation sites is 1. The van der Waals surface area contributed by atoms with Crippen molar-refractivity contribution in [1.29, 1.82) is 0 Å². The highest BCUT2D eigenvalue weighted by Crippen LogP contribution is 2.39. The molecule has 0 bridgehead atoms. The van der Waals surface area contributed by atoms with Crippen LogP contribution in [0.25, 0.3) is 11.4 Å². The average Bonchev–Trinajstić information content (AvgIpc) is 3.26. The van der Waals surface area contributed by atoms with E-state index in [9.17, 15) is 10.1 Å². The van der Waals surface area contributed by atoms with E-state index < -0.39 is 0 Å². The molecule has 0 amide bonds. The maximum atomic E-state index is 11.4. The van der Waals surface area contributed by atoms with E-state index in [1.807, 2.05) is 24.3 Å². The average molecular weight is 455 g/mol. The van der Waals surface area contributed by atoms with Crippen molar-refractivity contribution in [3.63, 3.8) is 0 Å². The molecule has 1 aliphatic carbocycles. The highest BCUT2D eigenvalue weighted by atomic mass is 32.2. The fraction of sp³-hybridized carbons (Fsp3) is 0.391. The molecule has 0 atom stereocenters. The molecule has 1 fully saturated rings. The lowest BCUT2D eigenvalue weighted by atomic mass is 9.95. The molecule has 0 saturated heterocycles. The Morgan fingerprint density at radius 2 is 1.81 bits per heavy atom. The topological polar surface area (TPSA) is 92.3 Å². The Labute approximate surface area is 191 Å². The first-order valence-corrected chi connectivity index (χ1v) is 11.6. The molecule has 32 heavy (non-hydrogen) atoms. The van der Waals surface area contributed by atoms with Gasteiger partial charge in [0.1, 0.15) is 0 Å². The lowest BCUT2D eigenvalue weighted by Gasteiger charge is -2.25. The van der Waals surface area contributed by atoms with Gasteiger partial charge in [0.05, 0.1) is 19.1 Å². The van der Waals surface area contributed by atoms with Gasteiger partial charge in [0.15, 0.2) is 22.5 Å². The molecule has 3 aromatic rings. The van der Waals surface area contributed by atoms with Crippen LogP contribution in [0, 0.1) is 10.1 Å². The molecular weight excluding hydrogens is 428 g/mol. The van der Waals surface area contributed by atoms with Gasteiger partial charge in [-0.05, 0) is 31.0 Å². The predicted octanol–water partition coefficient (Wildman–Crippen LogP) is 5.67. The Bertz CT molecular complexity index is 1100. The van der Waals surface area contributed by atoms with E-state index in [1.54, 1.807) is 26.4 Å². The molecule has 1 aromatic heterocycles. The molecule has 0 spiro atoms. The quantitative estimate of drug-likeness (QED) is 0.246. The third kappa shape index (κ3) is 4.57. The number of hydrogen-bond acceptors (Lipinski definition) is 7. The minimum Gasteiger partial charge on any atom is -0.493 e. The first-order chi connectivity index (χ1) is 15.6. The summed E-state index contributed by atoms with van der Waals surface area (Å²) >= 11 is 1.49. The summed E-state index contributed by atoms with van der Waals surface area (Å²) in [5, 5.41) is 21.2. The van der Waals surface area contributed by atoms with Gasteiger partial charge in [-0.15, -0.1) is 10.2 Å². The van der Waals surface area contributed by atoms with Crippen LogP contribution in [0.3, 0.4) is 0 Å². The molecule has 0 N–H and O–H groups in total. The highest BCUT2D eigenvalue weighted by Gasteiger charge is 2.25. The van der Waals surface area contributed by atoms with E-state index in [4.69, 9.17) is 9.47 Å². The Morgan fingerprint density at radius 1 is 1.06 bits per heavy atom. The Balaban J connectivity index is 1.69. The van der Waals surface area contributed by atoms with Gasteiger partial charge in [-0.25, -0.2) is 0 Å². The third-order valence-corrected chi connectivity index (χ3v) is 6.78. The molecule has 0 unspecified atom stereocenters. The zero-order valence-corrected chi connectivity index (χ0v) is 19.0. The number of hydrogen-bond donors (Lipinski definition) is 0. The lowest BCUT2D eigenvalue weighted by Crippen LogP contribution is -2.15. The second kappa shape index (κ2) is 10.0. The predicted molar refractivity (Wildman–Crippen MR) is 123 cm³/mol. The first kappa shape index (κ1) is 22.1. The SMILES string of the molecule is COc1ccc(-c2nnc(SCc3ccccc3[N+](=O)[O-])n2C2CCCCC2)cc1OC. The maximum absolute atomic E-state index is 11.4. The minimum absolute atomic E-state index is 0.129. The highest BCUT2D eigenvalue weighted by molar-refractivity contribution is 7.98. The van der Waals surface area contributed by atoms with Gasteiger partial charge >= 0.3 is 0 Å². The van der Waals surface area contributed by atoms with E-state index in [0.717, 1.165) is 29.4 Å². The van der Waals surface area contributed by atoms with Crippen LogP contribution in [0.1, 0.15) is 43.7 Å². The fourth-order valence-electron chi connectivity index (χ4n) is 4.17. The molecule has 1 aliphatic rings. The number of methoxy groups -OCH3 is 2. The molecule has 8 nitrogen and oxygen atoms in total. The number of thioether (sulfide) groups is 1. The summed E-state index contributed by atoms with van der Waals surface area (Å²) in [6, 6.07) is 12.9. The van der Waals surface area contributed by atoms with Crippen molar-refractivity contribution in [2.75, 3.05) is 14.2 Å². The van der Waals surface area contributed by atoms with E-state index in [2.05, 4.69) is 14.8 Å². The van der Waals surface area contributed by atoms with Crippen LogP contribution in [0.15, 0.2) is 47.6 Å². The number of nitrogens with zero attached hydrogens (tertiary/aromatic N) is 4. The smallest absolute Gasteiger partial charge is 0.273 e. The van der Waals surface area contributed by atoms with Crippen LogP contribution in [-0.2, 0) is 5.75 Å². The van der Waals surface area contributed by atoms with Crippen molar-refractivity contribution < 1.29 is 14.4 Å². The number of benzene rings is 2. The van der Waals surface area contributed by atoms with Crippen molar-refractivity contribution in [3.8, 4) is 22.9 Å². The fourth-order valence-corrected chi connectivity index (χ4v) is 5.17. The van der Waals surface area contributed by atoms with Crippen molar-refractivity contribution >= 4 is 17.4 Å². The maximum Gasteiger partial charge on any atom is 0.273 e. The number of rotatable bonds is 8. The summed E-state index contributed by atoms with van der Waals surface area (Å²) in [5.74, 6) is 2.53. The summed E-state index contributed by atoms with van der Waals surface area (Å²) in [7, 11) is 3.22. The lowest BCUT2D eigenvalue weighted by molar-refractivity contribution is -0.385. The summed E-state index contributed by atoms with van der Waals surface area (Å²) < 4.78 is 13.1. The molecule has 9 heteroatoms. The first-order valence-electron chi connectivity index (χ1n) is 10.6. The second-order valence-electron chi connectivity index (χ2n) is 7.71. The zero-order chi connectivity index (χ0) is 22.5. The standard InChI is InChI=1S/C23H26N4O4S/c1-30-20-13-12-16(14-21(20)31-2)22-24-25-23(26(22)18-9-4-3-5-10-18)32-15-17-8-6-7-11-19(17)27(28)29/h6-8,11-14,18H,3-5,9-10,15H2,1-2H3. The van der Waals surface area contributed by atoms with Crippen molar-refractivity contribution in [3.05, 3.63) is 58.1 Å². The van der Waals surface area contributed by atoms with Gasteiger partial charge in [0.25, 0.3) is 5.69 Å². The monoisotopic (exact) mass is 454 g/mol. The van der Waals surface area contributed by atoms with Gasteiger partial charge in [0, 0.05) is 29.0 Å². The molecule has 168 valence electrons. The number of aromatic nitrogens is 3. The van der Waals surface area contributed by atoms with Crippen molar-refractivity contribution in [1.82, 2.24) is 14.8 Å². The molecule has 0 radical (unpaired) electrons. The van der Waals surface area contributed by atoms with Crippen molar-refractivity contribution in [2.24, 2.45) is 0 Å². The van der Waals surface area contributed by atoms with Gasteiger partial charge in [-0.1, -0.05) is 49.2 Å². The van der Waals surface area contributed by atoms with E-state index >= 15 is 0 Å². The second-order valence-corrected chi connectivity index (χ2v) is 8.65. The van der Waals surface area contributed by atoms with Gasteiger partial charge < -0.3 is 9.47 Å².